The molecule has 2 aromatic rings. The molecule has 250 valence electrons. The molecule has 4 N–H and O–H groups in total. The van der Waals surface area contributed by atoms with Crippen molar-refractivity contribution in [1.29, 1.82) is 0 Å². The van der Waals surface area contributed by atoms with Crippen LogP contribution >= 0.6 is 34.4 Å². The van der Waals surface area contributed by atoms with Gasteiger partial charge >= 0.3 is 11.9 Å². The highest BCUT2D eigenvalue weighted by atomic mass is 32.2. The van der Waals surface area contributed by atoms with E-state index in [2.05, 4.69) is 50.4 Å². The first-order valence-corrected chi connectivity index (χ1v) is 17.8. The van der Waals surface area contributed by atoms with Crippen LogP contribution in [0.5, 0.6) is 0 Å². The van der Waals surface area contributed by atoms with E-state index < -0.39 is 18.0 Å². The number of thioether (sulfide) groups is 1. The summed E-state index contributed by atoms with van der Waals surface area (Å²) in [5.41, 5.74) is 7.72. The van der Waals surface area contributed by atoms with Gasteiger partial charge in [0.05, 0.1) is 37.7 Å². The second kappa shape index (κ2) is 25.1. The van der Waals surface area contributed by atoms with E-state index in [-0.39, 0.29) is 25.0 Å². The van der Waals surface area contributed by atoms with E-state index in [9.17, 15) is 9.59 Å². The summed E-state index contributed by atoms with van der Waals surface area (Å²) in [6.45, 7) is 23.6. The standard InChI is InChI=1S/C28H37NO6S3.3C2H6/c1-6-21(25-18(11-15-36-25)8-12-34-14-10-24(30)31)37-22(7-2)26-19(16-23(38-26)28(3,4)5)9-13-35-17-20(29)27(32)33;3*1-2/h6-7,16,20H,8-10,12-14,17,29H2,1-5H3,(H,30,31)(H,32,33);3*1-2H3/b21-6-,22-7-;;;. The summed E-state index contributed by atoms with van der Waals surface area (Å²) >= 11 is 4.98. The van der Waals surface area contributed by atoms with Crippen LogP contribution in [0.2, 0.25) is 0 Å². The Morgan fingerprint density at radius 3 is 2.05 bits per heavy atom. The number of hydrogen-bond donors (Lipinski definition) is 3. The molecule has 0 bridgehead atoms. The Hall–Kier alpha value is -2.13. The SMILES string of the molecule is C/C=C(\S/C(=C\C)c1sc(C(C)(C)C)cc1CCOCC(N)C(=O)O)c1sc#cc1CCOCCC(=O)O.CC.CC.CC. The summed E-state index contributed by atoms with van der Waals surface area (Å²) in [4.78, 5) is 27.4. The number of nitrogens with two attached hydrogens (primary N) is 1. The molecule has 2 heterocycles. The van der Waals surface area contributed by atoms with Gasteiger partial charge in [0, 0.05) is 31.5 Å². The lowest BCUT2D eigenvalue weighted by Gasteiger charge is -2.15. The molecule has 1 unspecified atom stereocenters. The number of hydrogen-bond acceptors (Lipinski definition) is 8. The first-order valence-electron chi connectivity index (χ1n) is 15.4. The van der Waals surface area contributed by atoms with E-state index >= 15 is 0 Å². The summed E-state index contributed by atoms with van der Waals surface area (Å²) in [5, 5.41) is 20.9. The minimum absolute atomic E-state index is 0.00986. The van der Waals surface area contributed by atoms with E-state index in [0.717, 1.165) is 25.8 Å². The molecule has 0 spiro atoms. The molecule has 0 aromatic carbocycles. The smallest absolute Gasteiger partial charge is 0.322 e. The van der Waals surface area contributed by atoms with Gasteiger partial charge in [0.15, 0.2) is 0 Å². The fraction of sp³-hybridized carbons (Fsp3) is 0.588. The van der Waals surface area contributed by atoms with Crippen molar-refractivity contribution in [1.82, 2.24) is 0 Å². The van der Waals surface area contributed by atoms with Gasteiger partial charge in [0.2, 0.25) is 0 Å². The average Bonchev–Trinajstić information content (AvgIpc) is 3.66. The maximum Gasteiger partial charge on any atom is 0.322 e. The van der Waals surface area contributed by atoms with Gasteiger partial charge in [-0.15, -0.1) is 11.3 Å². The molecule has 44 heavy (non-hydrogen) atoms. The van der Waals surface area contributed by atoms with Gasteiger partial charge < -0.3 is 25.4 Å². The molecule has 2 rings (SSSR count). The summed E-state index contributed by atoms with van der Waals surface area (Å²) in [6.07, 6.45) is 5.48. The molecule has 0 amide bonds. The first-order chi connectivity index (χ1) is 21.0. The molecule has 2 aromatic heterocycles. The largest absolute Gasteiger partial charge is 0.481 e. The van der Waals surface area contributed by atoms with E-state index in [1.807, 2.05) is 55.4 Å². The third kappa shape index (κ3) is 16.3. The zero-order valence-corrected chi connectivity index (χ0v) is 31.0. The third-order valence-corrected chi connectivity index (χ3v) is 9.55. The fourth-order valence-corrected chi connectivity index (χ4v) is 6.74. The number of allylic oxidation sites excluding steroid dienone is 2. The van der Waals surface area contributed by atoms with Gasteiger partial charge in [0.1, 0.15) is 6.04 Å². The van der Waals surface area contributed by atoms with Crippen LogP contribution in [-0.2, 0) is 37.3 Å². The molecular weight excluding hydrogens is 615 g/mol. The second-order valence-electron chi connectivity index (χ2n) is 9.54. The van der Waals surface area contributed by atoms with Gasteiger partial charge in [-0.1, -0.05) is 104 Å². The van der Waals surface area contributed by atoms with Crippen molar-refractivity contribution in [2.75, 3.05) is 26.4 Å². The molecule has 0 saturated heterocycles. The van der Waals surface area contributed by atoms with Gasteiger partial charge in [-0.3, -0.25) is 9.59 Å². The Labute approximate surface area is 278 Å². The fourth-order valence-electron chi connectivity index (χ4n) is 3.31. The molecular formula is C34H55NO6S3. The van der Waals surface area contributed by atoms with E-state index in [0.29, 0.717) is 26.1 Å². The van der Waals surface area contributed by atoms with Gasteiger partial charge in [-0.25, -0.2) is 0 Å². The quantitative estimate of drug-likeness (QED) is 0.152. The van der Waals surface area contributed by atoms with Crippen molar-refractivity contribution >= 4 is 56.2 Å². The van der Waals surface area contributed by atoms with Crippen molar-refractivity contribution in [3.63, 3.8) is 0 Å². The predicted molar refractivity (Wildman–Crippen MR) is 191 cm³/mol. The Morgan fingerprint density at radius 2 is 1.52 bits per heavy atom. The minimum Gasteiger partial charge on any atom is -0.481 e. The van der Waals surface area contributed by atoms with Crippen LogP contribution in [-0.4, -0.2) is 54.6 Å². The lowest BCUT2D eigenvalue weighted by Crippen LogP contribution is -2.35. The lowest BCUT2D eigenvalue weighted by molar-refractivity contribution is -0.140. The van der Waals surface area contributed by atoms with Crippen molar-refractivity contribution in [3.05, 3.63) is 55.4 Å². The number of carboxylic acids is 2. The Kier molecular flexibility index (Phi) is 25.1. The Bertz CT molecular complexity index is 1130. The molecule has 7 nitrogen and oxygen atoms in total. The zero-order valence-electron chi connectivity index (χ0n) is 28.6. The van der Waals surface area contributed by atoms with Gasteiger partial charge in [-0.05, 0) is 42.7 Å². The van der Waals surface area contributed by atoms with Crippen molar-refractivity contribution in [2.24, 2.45) is 5.73 Å². The van der Waals surface area contributed by atoms with Crippen LogP contribution in [0.25, 0.3) is 9.81 Å². The predicted octanol–water partition coefficient (Wildman–Crippen LogP) is 8.95. The molecule has 0 aliphatic rings. The molecule has 0 fully saturated rings. The maximum absolute atomic E-state index is 11.0. The van der Waals surface area contributed by atoms with Crippen molar-refractivity contribution < 1.29 is 29.3 Å². The second-order valence-corrected chi connectivity index (χ2v) is 12.5. The summed E-state index contributed by atoms with van der Waals surface area (Å²) in [6, 6.07) is 4.39. The van der Waals surface area contributed by atoms with E-state index in [1.165, 1.54) is 21.1 Å². The number of ether oxygens (including phenoxy) is 2. The molecule has 10 heteroatoms. The molecule has 0 aliphatic carbocycles. The van der Waals surface area contributed by atoms with Crippen LogP contribution < -0.4 is 5.73 Å². The number of thiophene rings is 1. The van der Waals surface area contributed by atoms with Gasteiger partial charge in [0.25, 0.3) is 0 Å². The highest BCUT2D eigenvalue weighted by Crippen LogP contribution is 2.46. The molecule has 0 aliphatic heterocycles. The van der Waals surface area contributed by atoms with Crippen LogP contribution in [0.1, 0.15) is 108 Å². The van der Waals surface area contributed by atoms with Crippen molar-refractivity contribution in [3.8, 4) is 0 Å². The number of aliphatic carboxylic acids is 2. The Morgan fingerprint density at radius 1 is 0.955 bits per heavy atom. The number of rotatable bonds is 16. The summed E-state index contributed by atoms with van der Waals surface area (Å²) < 4.78 is 11.1. The van der Waals surface area contributed by atoms with Gasteiger partial charge in [-0.2, -0.15) is 0 Å². The topological polar surface area (TPSA) is 119 Å². The third-order valence-electron chi connectivity index (χ3n) is 5.46. The van der Waals surface area contributed by atoms with Crippen LogP contribution in [0.4, 0.5) is 0 Å². The number of carboxylic acid groups (broad SMARTS) is 2. The summed E-state index contributed by atoms with van der Waals surface area (Å²) in [5.74, 6) is -1.94. The Balaban J connectivity index is 0. The highest BCUT2D eigenvalue weighted by Gasteiger charge is 2.23. The minimum atomic E-state index is -1.07. The first kappa shape index (κ1) is 44.0. The zero-order chi connectivity index (χ0) is 34.3. The number of carbonyl (C=O) groups is 2. The molecule has 0 saturated carbocycles. The monoisotopic (exact) mass is 669 g/mol. The van der Waals surface area contributed by atoms with E-state index in [4.69, 9.17) is 25.4 Å². The average molecular weight is 670 g/mol. The molecule has 0 radical (unpaired) electrons. The highest BCUT2D eigenvalue weighted by molar-refractivity contribution is 8.16. The summed E-state index contributed by atoms with van der Waals surface area (Å²) in [7, 11) is 0. The van der Waals surface area contributed by atoms with Crippen LogP contribution in [0, 0.1) is 11.4 Å². The molecule has 1 atom stereocenters. The van der Waals surface area contributed by atoms with Crippen LogP contribution in [0.15, 0.2) is 18.2 Å². The van der Waals surface area contributed by atoms with Crippen molar-refractivity contribution in [2.45, 2.75) is 107 Å². The normalized spacial score (nSPS) is 12.0. The van der Waals surface area contributed by atoms with E-state index in [1.54, 1.807) is 23.1 Å². The van der Waals surface area contributed by atoms with Crippen LogP contribution in [0.3, 0.4) is 0 Å². The maximum atomic E-state index is 11.0. The lowest BCUT2D eigenvalue weighted by atomic mass is 9.94.